The quantitative estimate of drug-likeness (QED) is 0.688. The molecule has 110 valence electrons. The third kappa shape index (κ3) is 3.52. The summed E-state index contributed by atoms with van der Waals surface area (Å²) >= 11 is 18.0. The first-order valence-corrected chi connectivity index (χ1v) is 7.18. The summed E-state index contributed by atoms with van der Waals surface area (Å²) in [6.45, 7) is 0. The zero-order valence-electron chi connectivity index (χ0n) is 10.6. The van der Waals surface area contributed by atoms with Crippen LogP contribution in [0.5, 0.6) is 5.88 Å². The minimum atomic E-state index is -0.0917. The highest BCUT2D eigenvalue weighted by Gasteiger charge is 2.13. The molecule has 0 atom stereocenters. The Bertz CT molecular complexity index is 803. The molecule has 22 heavy (non-hydrogen) atoms. The van der Waals surface area contributed by atoms with Crippen molar-refractivity contribution in [1.82, 2.24) is 9.78 Å². The second-order valence-corrected chi connectivity index (χ2v) is 5.68. The molecule has 0 fully saturated rings. The van der Waals surface area contributed by atoms with Crippen molar-refractivity contribution < 1.29 is 5.11 Å². The fourth-order valence-electron chi connectivity index (χ4n) is 2.03. The summed E-state index contributed by atoms with van der Waals surface area (Å²) in [5.74, 6) is -0.0917. The molecule has 0 aliphatic carbocycles. The van der Waals surface area contributed by atoms with Crippen LogP contribution in [0.1, 0.15) is 0 Å². The average Bonchev–Trinajstić information content (AvgIpc) is 2.81. The van der Waals surface area contributed by atoms with Crippen LogP contribution in [-0.2, 0) is 0 Å². The normalized spacial score (nSPS) is 10.3. The van der Waals surface area contributed by atoms with Gasteiger partial charge in [-0.25, -0.2) is 4.68 Å². The molecule has 0 unspecified atom stereocenters. The van der Waals surface area contributed by atoms with Crippen molar-refractivity contribution in [3.8, 4) is 22.8 Å². The Morgan fingerprint density at radius 1 is 0.864 bits per heavy atom. The average molecular weight is 366 g/mol. The van der Waals surface area contributed by atoms with Gasteiger partial charge < -0.3 is 5.11 Å². The van der Waals surface area contributed by atoms with Gasteiger partial charge in [0.15, 0.2) is 0 Å². The summed E-state index contributed by atoms with van der Waals surface area (Å²) in [5.41, 5.74) is 2.19. The van der Waals surface area contributed by atoms with E-state index in [0.717, 1.165) is 5.56 Å². The number of aromatic hydroxyl groups is 1. The van der Waals surface area contributed by atoms with Gasteiger partial charge in [-0.1, -0.05) is 46.9 Å². The summed E-state index contributed by atoms with van der Waals surface area (Å²) in [5, 5.41) is 15.4. The van der Waals surface area contributed by atoms with Crippen LogP contribution >= 0.6 is 34.8 Å². The molecule has 0 spiro atoms. The van der Waals surface area contributed by atoms with Gasteiger partial charge in [0, 0.05) is 21.7 Å². The van der Waals surface area contributed by atoms with E-state index in [1.54, 1.807) is 41.1 Å². The van der Waals surface area contributed by atoms with Crippen molar-refractivity contribution >= 4 is 57.9 Å². The molecule has 0 bridgehead atoms. The molecule has 3 aromatic rings. The Hall–Kier alpha value is -0.914. The largest absolute Gasteiger partial charge is 0.492 e. The first-order valence-electron chi connectivity index (χ1n) is 6.05. The number of rotatable bonds is 2. The van der Waals surface area contributed by atoms with Crippen molar-refractivity contribution in [2.45, 2.75) is 0 Å². The lowest BCUT2D eigenvalue weighted by atomic mass is 10.1. The molecular weight excluding hydrogens is 355 g/mol. The van der Waals surface area contributed by atoms with Crippen LogP contribution in [0.25, 0.3) is 16.9 Å². The molecule has 0 amide bonds. The third-order valence-corrected chi connectivity index (χ3v) is 3.76. The number of hydrogen-bond acceptors (Lipinski definition) is 2. The Morgan fingerprint density at radius 2 is 1.50 bits per heavy atom. The van der Waals surface area contributed by atoms with E-state index >= 15 is 0 Å². The van der Waals surface area contributed by atoms with E-state index in [0.29, 0.717) is 26.4 Å². The summed E-state index contributed by atoms with van der Waals surface area (Å²) in [7, 11) is 0. The van der Waals surface area contributed by atoms with E-state index in [2.05, 4.69) is 5.10 Å². The molecule has 0 aliphatic rings. The van der Waals surface area contributed by atoms with Crippen LogP contribution in [0.15, 0.2) is 48.5 Å². The summed E-state index contributed by atoms with van der Waals surface area (Å²) < 4.78 is 1.57. The Morgan fingerprint density at radius 3 is 2.14 bits per heavy atom. The molecule has 2 aromatic carbocycles. The summed E-state index contributed by atoms with van der Waals surface area (Å²) in [6, 6.07) is 13.9. The number of hydrogen-bond donors (Lipinski definition) is 1. The Balaban J connectivity index is 0.00000176. The zero-order valence-corrected chi connectivity index (χ0v) is 12.9. The monoisotopic (exact) mass is 364 g/mol. The Kier molecular flexibility index (Phi) is 5.63. The van der Waals surface area contributed by atoms with Gasteiger partial charge in [-0.2, -0.15) is 0 Å². The molecule has 0 saturated heterocycles. The predicted octanol–water partition coefficient (Wildman–Crippen LogP) is 4.29. The van der Waals surface area contributed by atoms with Crippen molar-refractivity contribution in [2.75, 3.05) is 0 Å². The van der Waals surface area contributed by atoms with E-state index in [4.69, 9.17) is 34.8 Å². The summed E-state index contributed by atoms with van der Waals surface area (Å²) in [6.07, 6.45) is 0. The maximum absolute atomic E-state index is 9.73. The van der Waals surface area contributed by atoms with Crippen LogP contribution in [0.4, 0.5) is 0 Å². The van der Waals surface area contributed by atoms with Crippen LogP contribution in [0.2, 0.25) is 15.1 Å². The van der Waals surface area contributed by atoms with Gasteiger partial charge in [0.2, 0.25) is 5.88 Å². The first kappa shape index (κ1) is 17.4. The van der Waals surface area contributed by atoms with Gasteiger partial charge in [0.1, 0.15) is 0 Å². The molecule has 3 nitrogen and oxygen atoms in total. The highest BCUT2D eigenvalue weighted by Crippen LogP contribution is 2.31. The van der Waals surface area contributed by atoms with Crippen LogP contribution in [0.3, 0.4) is 0 Å². The van der Waals surface area contributed by atoms with Crippen molar-refractivity contribution in [3.63, 3.8) is 0 Å². The standard InChI is InChI=1S/C15H9Cl3N2O.Mg.2H/c16-10-3-1-9(2-4-10)14-8-15(21)19-20(14)13-6-5-11(17)7-12(13)18;;;/h1-8H,(H,19,21);;;. The Labute approximate surface area is 158 Å². The van der Waals surface area contributed by atoms with E-state index in [1.165, 1.54) is 0 Å². The highest BCUT2D eigenvalue weighted by molar-refractivity contribution is 6.35. The number of halogens is 3. The van der Waals surface area contributed by atoms with Gasteiger partial charge in [-0.05, 0) is 30.3 Å². The van der Waals surface area contributed by atoms with Gasteiger partial charge in [-0.3, -0.25) is 0 Å². The van der Waals surface area contributed by atoms with E-state index in [-0.39, 0.29) is 28.9 Å². The first-order chi connectivity index (χ1) is 10.0. The van der Waals surface area contributed by atoms with Crippen molar-refractivity contribution in [3.05, 3.63) is 63.6 Å². The minimum absolute atomic E-state index is 0. The van der Waals surface area contributed by atoms with Gasteiger partial charge in [0.05, 0.1) is 16.4 Å². The number of aromatic nitrogens is 2. The topological polar surface area (TPSA) is 38.0 Å². The second-order valence-electron chi connectivity index (χ2n) is 4.40. The fourth-order valence-corrected chi connectivity index (χ4v) is 2.65. The van der Waals surface area contributed by atoms with Crippen molar-refractivity contribution in [1.29, 1.82) is 0 Å². The molecule has 3 rings (SSSR count). The predicted molar refractivity (Wildman–Crippen MR) is 94.2 cm³/mol. The molecule has 0 radical (unpaired) electrons. The third-order valence-electron chi connectivity index (χ3n) is 2.97. The minimum Gasteiger partial charge on any atom is -0.492 e. The molecule has 0 aliphatic heterocycles. The van der Waals surface area contributed by atoms with Crippen LogP contribution in [0, 0.1) is 0 Å². The van der Waals surface area contributed by atoms with Crippen molar-refractivity contribution in [2.24, 2.45) is 0 Å². The molecular formula is C15H11Cl3MgN2O. The van der Waals surface area contributed by atoms with E-state index < -0.39 is 0 Å². The molecule has 1 aromatic heterocycles. The van der Waals surface area contributed by atoms with Crippen LogP contribution < -0.4 is 0 Å². The lowest BCUT2D eigenvalue weighted by molar-refractivity contribution is 0.448. The number of benzene rings is 2. The van der Waals surface area contributed by atoms with E-state index in [1.807, 2.05) is 12.1 Å². The molecule has 1 N–H and O–H groups in total. The molecule has 7 heteroatoms. The molecule has 0 saturated carbocycles. The van der Waals surface area contributed by atoms with Crippen LogP contribution in [-0.4, -0.2) is 37.9 Å². The fraction of sp³-hybridized carbons (Fsp3) is 0. The molecule has 1 heterocycles. The summed E-state index contributed by atoms with van der Waals surface area (Å²) in [4.78, 5) is 0. The lowest BCUT2D eigenvalue weighted by Crippen LogP contribution is -1.99. The SMILES string of the molecule is Oc1cc(-c2ccc(Cl)cc2)n(-c2ccc(Cl)cc2Cl)n1.[MgH2]. The maximum Gasteiger partial charge on any atom is 0.316 e. The lowest BCUT2D eigenvalue weighted by Gasteiger charge is -2.09. The second kappa shape index (κ2) is 7.11. The highest BCUT2D eigenvalue weighted by atomic mass is 35.5. The van der Waals surface area contributed by atoms with Gasteiger partial charge in [0.25, 0.3) is 0 Å². The number of nitrogens with zero attached hydrogens (tertiary/aromatic N) is 2. The van der Waals surface area contributed by atoms with Gasteiger partial charge >= 0.3 is 23.1 Å². The maximum atomic E-state index is 9.73. The van der Waals surface area contributed by atoms with Gasteiger partial charge in [-0.15, -0.1) is 5.10 Å². The zero-order chi connectivity index (χ0) is 15.0. The smallest absolute Gasteiger partial charge is 0.316 e. The van der Waals surface area contributed by atoms with E-state index in [9.17, 15) is 5.11 Å².